The molecule has 6 atom stereocenters. The number of carboxylic acids is 1. The SMILES string of the molecule is C[C@@H](O)[C@H]1C(=O)N2C(C(=O)[O-])=C(S[C@@H]3CN[C@H](/C=C\c4csc5c[n+](CCC(N)=O)cn45)C3)[C@H](C)[C@H]12. The van der Waals surface area contributed by atoms with Gasteiger partial charge in [0.1, 0.15) is 11.9 Å². The standard InChI is InChI=1S/C24H29N5O5S2/c1-12-20-19(13(2)30)23(32)29(20)21(24(33)34)22(12)36-16-7-14(26-8-16)3-4-15-10-35-18-9-27(11-28(15)18)6-5-17(25)31/h3-4,9-14,16,19-20,26,30H,5-8H2,1-2H3,(H2-,25,31,33,34)/b4-3-/t12-,13-,14-,16+,19-,20-/m1/s1. The van der Waals surface area contributed by atoms with Crippen molar-refractivity contribution in [2.24, 2.45) is 17.6 Å². The molecule has 4 N–H and O–H groups in total. The fourth-order valence-corrected chi connectivity index (χ4v) is 7.80. The predicted octanol–water partition coefficient (Wildman–Crippen LogP) is -0.540. The number of fused-ring (bicyclic) bond motifs is 2. The van der Waals surface area contributed by atoms with Crippen molar-refractivity contribution in [1.82, 2.24) is 14.6 Å². The molecule has 36 heavy (non-hydrogen) atoms. The van der Waals surface area contributed by atoms with Crippen molar-refractivity contribution >= 4 is 51.8 Å². The van der Waals surface area contributed by atoms with Gasteiger partial charge >= 0.3 is 0 Å². The number of amides is 2. The maximum Gasteiger partial charge on any atom is 0.250 e. The Morgan fingerprint density at radius 2 is 2.25 bits per heavy atom. The topological polar surface area (TPSA) is 144 Å². The van der Waals surface area contributed by atoms with Crippen LogP contribution in [0.5, 0.6) is 0 Å². The fraction of sp³-hybridized carbons (Fsp3) is 0.500. The number of rotatable bonds is 9. The van der Waals surface area contributed by atoms with Crippen LogP contribution in [0.1, 0.15) is 32.4 Å². The Labute approximate surface area is 216 Å². The number of nitrogens with one attached hydrogen (secondary N) is 1. The third kappa shape index (κ3) is 4.36. The highest BCUT2D eigenvalue weighted by Crippen LogP contribution is 2.51. The number of imidazole rings is 1. The number of nitrogens with two attached hydrogens (primary N) is 1. The summed E-state index contributed by atoms with van der Waals surface area (Å²) in [6.07, 6.45) is 8.41. The quantitative estimate of drug-likeness (QED) is 0.291. The molecule has 0 radical (unpaired) electrons. The van der Waals surface area contributed by atoms with Gasteiger partial charge in [0.15, 0.2) is 0 Å². The highest BCUT2D eigenvalue weighted by molar-refractivity contribution is 8.03. The van der Waals surface area contributed by atoms with E-state index in [-0.39, 0.29) is 40.8 Å². The zero-order chi connectivity index (χ0) is 25.7. The zero-order valence-electron chi connectivity index (χ0n) is 20.0. The van der Waals surface area contributed by atoms with Crippen LogP contribution < -0.4 is 20.7 Å². The van der Waals surface area contributed by atoms with E-state index >= 15 is 0 Å². The van der Waals surface area contributed by atoms with Crippen LogP contribution in [-0.2, 0) is 20.9 Å². The lowest BCUT2D eigenvalue weighted by atomic mass is 9.79. The molecule has 0 aromatic carbocycles. The van der Waals surface area contributed by atoms with Crippen molar-refractivity contribution in [2.45, 2.75) is 56.7 Å². The third-order valence-electron chi connectivity index (χ3n) is 7.19. The minimum atomic E-state index is -1.34. The Balaban J connectivity index is 1.25. The van der Waals surface area contributed by atoms with Crippen LogP contribution in [0.25, 0.3) is 10.9 Å². The number of aromatic nitrogens is 2. The van der Waals surface area contributed by atoms with Gasteiger partial charge in [-0.3, -0.25) is 9.59 Å². The molecule has 2 aromatic rings. The molecule has 10 nitrogen and oxygen atoms in total. The highest BCUT2D eigenvalue weighted by atomic mass is 32.2. The van der Waals surface area contributed by atoms with Gasteiger partial charge in [0.25, 0.3) is 0 Å². The van der Waals surface area contributed by atoms with E-state index in [9.17, 15) is 24.6 Å². The highest BCUT2D eigenvalue weighted by Gasteiger charge is 2.58. The molecule has 2 saturated heterocycles. The van der Waals surface area contributed by atoms with Crippen LogP contribution in [0.3, 0.4) is 0 Å². The molecule has 2 fully saturated rings. The first kappa shape index (κ1) is 25.0. The Morgan fingerprint density at radius 1 is 1.47 bits per heavy atom. The number of thioether (sulfide) groups is 1. The molecule has 0 spiro atoms. The monoisotopic (exact) mass is 531 g/mol. The molecule has 3 aliphatic rings. The normalized spacial score (nSPS) is 28.8. The van der Waals surface area contributed by atoms with Gasteiger partial charge in [0.05, 0.1) is 42.7 Å². The van der Waals surface area contributed by atoms with E-state index in [2.05, 4.69) is 27.2 Å². The molecule has 2 amide bonds. The first-order chi connectivity index (χ1) is 17.2. The molecule has 0 bridgehead atoms. The van der Waals surface area contributed by atoms with E-state index in [1.807, 2.05) is 24.0 Å². The van der Waals surface area contributed by atoms with Crippen molar-refractivity contribution in [3.8, 4) is 0 Å². The largest absolute Gasteiger partial charge is 0.543 e. The van der Waals surface area contributed by atoms with Crippen LogP contribution in [0.15, 0.2) is 34.6 Å². The lowest BCUT2D eigenvalue weighted by molar-refractivity contribution is -0.694. The molecule has 192 valence electrons. The maximum absolute atomic E-state index is 12.5. The van der Waals surface area contributed by atoms with Gasteiger partial charge in [0.2, 0.25) is 23.0 Å². The van der Waals surface area contributed by atoms with Crippen LogP contribution >= 0.6 is 23.1 Å². The number of carbonyl (C=O) groups excluding carboxylic acids is 3. The predicted molar refractivity (Wildman–Crippen MR) is 133 cm³/mol. The summed E-state index contributed by atoms with van der Waals surface area (Å²) in [5.41, 5.74) is 6.25. The average molecular weight is 532 g/mol. The number of β-lactam (4-membered cyclic amide) rings is 1. The first-order valence-electron chi connectivity index (χ1n) is 12.0. The minimum Gasteiger partial charge on any atom is -0.543 e. The molecule has 3 aliphatic heterocycles. The fourth-order valence-electron chi connectivity index (χ4n) is 5.42. The first-order valence-corrected chi connectivity index (χ1v) is 13.7. The van der Waals surface area contributed by atoms with Crippen molar-refractivity contribution in [3.63, 3.8) is 0 Å². The van der Waals surface area contributed by atoms with Gasteiger partial charge in [-0.05, 0) is 19.4 Å². The number of aryl methyl sites for hydroxylation is 1. The van der Waals surface area contributed by atoms with E-state index in [1.165, 1.54) is 16.7 Å². The molecule has 0 saturated carbocycles. The Bertz CT molecular complexity index is 1280. The number of nitrogens with zero attached hydrogens (tertiary/aromatic N) is 3. The summed E-state index contributed by atoms with van der Waals surface area (Å²) in [5.74, 6) is -2.75. The molecule has 2 aromatic heterocycles. The number of carbonyl (C=O) groups is 3. The Kier molecular flexibility index (Phi) is 6.70. The molecule has 0 aliphatic carbocycles. The maximum atomic E-state index is 12.5. The second-order valence-electron chi connectivity index (χ2n) is 9.67. The number of hydrogen-bond donors (Lipinski definition) is 3. The number of carboxylic acid groups (broad SMARTS) is 1. The van der Waals surface area contributed by atoms with E-state index in [0.29, 0.717) is 24.4 Å². The molecule has 0 unspecified atom stereocenters. The molecule has 12 heteroatoms. The van der Waals surface area contributed by atoms with E-state index < -0.39 is 18.0 Å². The Morgan fingerprint density at radius 3 is 2.94 bits per heavy atom. The van der Waals surface area contributed by atoms with Gasteiger partial charge in [-0.25, -0.2) is 4.57 Å². The lowest BCUT2D eigenvalue weighted by Gasteiger charge is -2.47. The summed E-state index contributed by atoms with van der Waals surface area (Å²) in [4.78, 5) is 38.6. The summed E-state index contributed by atoms with van der Waals surface area (Å²) in [5, 5.41) is 27.7. The van der Waals surface area contributed by atoms with Gasteiger partial charge in [-0.1, -0.05) is 24.3 Å². The number of hydrogen-bond acceptors (Lipinski definition) is 8. The summed E-state index contributed by atoms with van der Waals surface area (Å²) in [7, 11) is 0. The summed E-state index contributed by atoms with van der Waals surface area (Å²) in [6, 6.07) is -0.200. The third-order valence-corrected chi connectivity index (χ3v) is 9.61. The second kappa shape index (κ2) is 9.66. The van der Waals surface area contributed by atoms with E-state index in [0.717, 1.165) is 16.9 Å². The van der Waals surface area contributed by atoms with Crippen molar-refractivity contribution in [1.29, 1.82) is 0 Å². The van der Waals surface area contributed by atoms with Crippen molar-refractivity contribution in [2.75, 3.05) is 6.54 Å². The minimum absolute atomic E-state index is 0.0312. The summed E-state index contributed by atoms with van der Waals surface area (Å²) < 4.78 is 4.02. The zero-order valence-corrected chi connectivity index (χ0v) is 21.6. The number of aliphatic hydroxyl groups excluding tert-OH is 1. The van der Waals surface area contributed by atoms with Gasteiger partial charge in [-0.2, -0.15) is 4.40 Å². The van der Waals surface area contributed by atoms with Gasteiger partial charge in [0, 0.05) is 34.0 Å². The number of primary amides is 1. The summed E-state index contributed by atoms with van der Waals surface area (Å²) in [6.45, 7) is 4.75. The molecule has 5 heterocycles. The number of thiazole rings is 1. The van der Waals surface area contributed by atoms with E-state index in [1.54, 1.807) is 18.3 Å². The number of aliphatic hydroxyl groups is 1. The average Bonchev–Trinajstić information content (AvgIpc) is 3.55. The second-order valence-corrected chi connectivity index (χ2v) is 11.9. The van der Waals surface area contributed by atoms with Crippen molar-refractivity contribution in [3.05, 3.63) is 40.3 Å². The molecule has 5 rings (SSSR count). The Hall–Kier alpha value is -2.67. The lowest BCUT2D eigenvalue weighted by Crippen LogP contribution is -2.64. The van der Waals surface area contributed by atoms with E-state index in [4.69, 9.17) is 5.73 Å². The van der Waals surface area contributed by atoms with Crippen LogP contribution in [-0.4, -0.2) is 62.2 Å². The van der Waals surface area contributed by atoms with Crippen LogP contribution in [0.4, 0.5) is 0 Å². The summed E-state index contributed by atoms with van der Waals surface area (Å²) >= 11 is 3.12. The van der Waals surface area contributed by atoms with Gasteiger partial charge in [-0.15, -0.1) is 11.8 Å². The van der Waals surface area contributed by atoms with Crippen LogP contribution in [0, 0.1) is 11.8 Å². The van der Waals surface area contributed by atoms with Gasteiger partial charge < -0.3 is 31.0 Å². The van der Waals surface area contributed by atoms with Crippen molar-refractivity contribution < 1.29 is 29.2 Å². The number of aliphatic carboxylic acids is 1. The molecular weight excluding hydrogens is 502 g/mol. The smallest absolute Gasteiger partial charge is 0.250 e. The molecular formula is C24H29N5O5S2. The van der Waals surface area contributed by atoms with Crippen LogP contribution in [0.2, 0.25) is 0 Å².